The fourth-order valence-electron chi connectivity index (χ4n) is 4.40. The van der Waals surface area contributed by atoms with E-state index in [1.807, 2.05) is 11.0 Å². The highest BCUT2D eigenvalue weighted by atomic mass is 16.5. The van der Waals surface area contributed by atoms with Crippen LogP contribution in [0.3, 0.4) is 0 Å². The molecule has 0 atom stereocenters. The van der Waals surface area contributed by atoms with E-state index in [-0.39, 0.29) is 11.5 Å². The molecule has 0 bridgehead atoms. The molecule has 1 amide bonds. The molecule has 4 heterocycles. The molecule has 7 heteroatoms. The van der Waals surface area contributed by atoms with E-state index >= 15 is 0 Å². The van der Waals surface area contributed by atoms with E-state index in [1.165, 1.54) is 17.5 Å². The topological polar surface area (TPSA) is 69.0 Å². The van der Waals surface area contributed by atoms with Gasteiger partial charge in [0.1, 0.15) is 12.1 Å². The van der Waals surface area contributed by atoms with Gasteiger partial charge >= 0.3 is 0 Å². The van der Waals surface area contributed by atoms with Gasteiger partial charge in [-0.3, -0.25) is 4.79 Å². The summed E-state index contributed by atoms with van der Waals surface area (Å²) in [7, 11) is 1.69. The van der Waals surface area contributed by atoms with Gasteiger partial charge in [0.25, 0.3) is 5.91 Å². The van der Waals surface area contributed by atoms with Crippen LogP contribution in [0.5, 0.6) is 5.75 Å². The summed E-state index contributed by atoms with van der Waals surface area (Å²) >= 11 is 0. The number of hydrogen-bond donors (Lipinski definition) is 0. The lowest BCUT2D eigenvalue weighted by atomic mass is 9.79. The molecule has 144 valence electrons. The number of nitrogens with zero attached hydrogens (tertiary/aromatic N) is 4. The number of aromatic nitrogens is 3. The lowest BCUT2D eigenvalue weighted by Gasteiger charge is -2.45. The van der Waals surface area contributed by atoms with E-state index in [0.29, 0.717) is 30.9 Å². The average Bonchev–Trinajstić information content (AvgIpc) is 3.21. The summed E-state index contributed by atoms with van der Waals surface area (Å²) in [6, 6.07) is 9.83. The molecule has 1 fully saturated rings. The minimum Gasteiger partial charge on any atom is -0.497 e. The zero-order chi connectivity index (χ0) is 19.1. The number of ether oxygens (including phenoxy) is 2. The summed E-state index contributed by atoms with van der Waals surface area (Å²) in [6.45, 7) is 2.04. The Balaban J connectivity index is 1.36. The molecular formula is C21H22N4O3. The van der Waals surface area contributed by atoms with E-state index in [2.05, 4.69) is 22.2 Å². The molecule has 0 radical (unpaired) electrons. The molecule has 2 aliphatic heterocycles. The Labute approximate surface area is 162 Å². The number of fused-ring (bicyclic) bond motifs is 3. The van der Waals surface area contributed by atoms with Crippen molar-refractivity contribution in [1.82, 2.24) is 19.5 Å². The van der Waals surface area contributed by atoms with Crippen LogP contribution in [-0.4, -0.2) is 52.2 Å². The first-order valence-corrected chi connectivity index (χ1v) is 9.59. The average molecular weight is 378 g/mol. The van der Waals surface area contributed by atoms with Crippen LogP contribution in [0.4, 0.5) is 0 Å². The van der Waals surface area contributed by atoms with Crippen LogP contribution in [0.2, 0.25) is 0 Å². The van der Waals surface area contributed by atoms with Crippen LogP contribution >= 0.6 is 0 Å². The van der Waals surface area contributed by atoms with Gasteiger partial charge in [0.2, 0.25) is 0 Å². The van der Waals surface area contributed by atoms with E-state index in [0.717, 1.165) is 25.0 Å². The molecule has 7 nitrogen and oxygen atoms in total. The number of amides is 1. The minimum absolute atomic E-state index is 0.0334. The minimum atomic E-state index is -0.298. The van der Waals surface area contributed by atoms with E-state index < -0.39 is 0 Å². The molecule has 28 heavy (non-hydrogen) atoms. The summed E-state index contributed by atoms with van der Waals surface area (Å²) in [5, 5.41) is 4.08. The van der Waals surface area contributed by atoms with Crippen molar-refractivity contribution in [2.24, 2.45) is 0 Å². The highest BCUT2D eigenvalue weighted by Crippen LogP contribution is 2.42. The Morgan fingerprint density at radius 3 is 2.89 bits per heavy atom. The van der Waals surface area contributed by atoms with Gasteiger partial charge in [0.05, 0.1) is 19.3 Å². The Kier molecular flexibility index (Phi) is 4.05. The number of hydrogen-bond acceptors (Lipinski definition) is 5. The molecule has 1 saturated heterocycles. The fourth-order valence-corrected chi connectivity index (χ4v) is 4.40. The molecule has 1 aromatic carbocycles. The maximum absolute atomic E-state index is 13.0. The zero-order valence-electron chi connectivity index (χ0n) is 15.8. The Morgan fingerprint density at radius 2 is 2.07 bits per heavy atom. The monoisotopic (exact) mass is 378 g/mol. The number of carbonyl (C=O) groups is 1. The maximum atomic E-state index is 13.0. The van der Waals surface area contributed by atoms with Crippen molar-refractivity contribution in [2.45, 2.75) is 24.9 Å². The van der Waals surface area contributed by atoms with Gasteiger partial charge in [-0.25, -0.2) is 9.50 Å². The van der Waals surface area contributed by atoms with Crippen molar-refractivity contribution < 1.29 is 14.3 Å². The predicted octanol–water partition coefficient (Wildman–Crippen LogP) is 2.44. The first-order valence-electron chi connectivity index (χ1n) is 9.59. The second-order valence-corrected chi connectivity index (χ2v) is 7.39. The molecule has 0 N–H and O–H groups in total. The molecule has 2 aliphatic rings. The van der Waals surface area contributed by atoms with Crippen molar-refractivity contribution in [3.8, 4) is 5.75 Å². The molecule has 5 rings (SSSR count). The van der Waals surface area contributed by atoms with Gasteiger partial charge in [-0.05, 0) is 54.7 Å². The molecule has 2 aromatic heterocycles. The molecule has 3 aromatic rings. The van der Waals surface area contributed by atoms with Crippen molar-refractivity contribution in [3.05, 3.63) is 59.5 Å². The molecule has 1 spiro atoms. The lowest BCUT2D eigenvalue weighted by molar-refractivity contribution is -0.0935. The smallest absolute Gasteiger partial charge is 0.254 e. The second kappa shape index (κ2) is 6.60. The van der Waals surface area contributed by atoms with Gasteiger partial charge < -0.3 is 14.4 Å². The van der Waals surface area contributed by atoms with Crippen molar-refractivity contribution in [1.29, 1.82) is 0 Å². The summed E-state index contributed by atoms with van der Waals surface area (Å²) in [5.41, 5.74) is 3.57. The van der Waals surface area contributed by atoms with Crippen molar-refractivity contribution in [2.75, 3.05) is 26.8 Å². The quantitative estimate of drug-likeness (QED) is 0.685. The summed E-state index contributed by atoms with van der Waals surface area (Å²) in [4.78, 5) is 19.1. The van der Waals surface area contributed by atoms with Gasteiger partial charge in [-0.15, -0.1) is 0 Å². The largest absolute Gasteiger partial charge is 0.497 e. The Morgan fingerprint density at radius 1 is 1.21 bits per heavy atom. The van der Waals surface area contributed by atoms with Crippen LogP contribution in [0.1, 0.15) is 34.3 Å². The highest BCUT2D eigenvalue weighted by molar-refractivity contribution is 5.95. The van der Waals surface area contributed by atoms with E-state index in [9.17, 15) is 4.79 Å². The second-order valence-electron chi connectivity index (χ2n) is 7.39. The third-order valence-corrected chi connectivity index (χ3v) is 5.94. The van der Waals surface area contributed by atoms with Gasteiger partial charge in [0.15, 0.2) is 5.65 Å². The number of rotatable bonds is 2. The fraction of sp³-hybridized carbons (Fsp3) is 0.381. The lowest BCUT2D eigenvalue weighted by Crippen LogP contribution is -2.48. The number of piperidine rings is 1. The number of methoxy groups -OCH3 is 1. The summed E-state index contributed by atoms with van der Waals surface area (Å²) < 4.78 is 13.3. The number of likely N-dealkylation sites (tertiary alicyclic amines) is 1. The van der Waals surface area contributed by atoms with Gasteiger partial charge in [-0.1, -0.05) is 6.07 Å². The summed E-state index contributed by atoms with van der Waals surface area (Å²) in [6.07, 6.45) is 5.75. The van der Waals surface area contributed by atoms with Crippen LogP contribution in [-0.2, 0) is 16.8 Å². The first-order chi connectivity index (χ1) is 13.7. The Hall–Kier alpha value is -2.93. The van der Waals surface area contributed by atoms with Crippen molar-refractivity contribution >= 4 is 11.6 Å². The predicted molar refractivity (Wildman–Crippen MR) is 102 cm³/mol. The third kappa shape index (κ3) is 2.74. The van der Waals surface area contributed by atoms with Crippen LogP contribution in [0.25, 0.3) is 5.65 Å². The zero-order valence-corrected chi connectivity index (χ0v) is 15.8. The first kappa shape index (κ1) is 17.2. The standard InChI is InChI=1S/C21H22N4O3/c1-27-17-2-3-18-15(12-17)5-11-28-21(18)6-9-24(10-7-21)20(26)16-4-8-25-19(13-16)22-14-23-25/h2-4,8,12-14H,5-7,9-11H2,1H3. The van der Waals surface area contributed by atoms with Crippen LogP contribution < -0.4 is 4.74 Å². The maximum Gasteiger partial charge on any atom is 0.254 e. The van der Waals surface area contributed by atoms with Gasteiger partial charge in [-0.2, -0.15) is 5.10 Å². The van der Waals surface area contributed by atoms with Crippen molar-refractivity contribution in [3.63, 3.8) is 0 Å². The molecular weight excluding hydrogens is 356 g/mol. The molecule has 0 aliphatic carbocycles. The SMILES string of the molecule is COc1ccc2c(c1)CCOC21CCN(C(=O)c2ccn3ncnc3c2)CC1. The van der Waals surface area contributed by atoms with Crippen LogP contribution in [0.15, 0.2) is 42.9 Å². The normalized spacial score (nSPS) is 18.2. The van der Waals surface area contributed by atoms with Gasteiger partial charge in [0, 0.05) is 24.8 Å². The number of carbonyl (C=O) groups excluding carboxylic acids is 1. The van der Waals surface area contributed by atoms with Crippen LogP contribution in [0, 0.1) is 0 Å². The van der Waals surface area contributed by atoms with E-state index in [4.69, 9.17) is 9.47 Å². The number of pyridine rings is 1. The third-order valence-electron chi connectivity index (χ3n) is 5.94. The van der Waals surface area contributed by atoms with E-state index in [1.54, 1.807) is 30.0 Å². The molecule has 0 unspecified atom stereocenters. The Bertz CT molecular complexity index is 1040. The highest BCUT2D eigenvalue weighted by Gasteiger charge is 2.41. The summed E-state index contributed by atoms with van der Waals surface area (Å²) in [5.74, 6) is 0.915. The molecule has 0 saturated carbocycles. The number of benzene rings is 1.